The molecule has 7 atom stereocenters. The van der Waals surface area contributed by atoms with Crippen molar-refractivity contribution in [2.45, 2.75) is 140 Å². The molecular formula is C28H50S. The molecule has 0 nitrogen and oxygen atoms in total. The maximum absolute atomic E-state index is 2.68. The van der Waals surface area contributed by atoms with E-state index in [0.29, 0.717) is 5.41 Å². The maximum Gasteiger partial charge on any atom is 0.00786 e. The molecule has 168 valence electrons. The molecule has 0 N–H and O–H groups in total. The van der Waals surface area contributed by atoms with Gasteiger partial charge in [0.15, 0.2) is 0 Å². The first-order chi connectivity index (χ1) is 14.1. The van der Waals surface area contributed by atoms with Gasteiger partial charge in [-0.3, -0.25) is 0 Å². The molecule has 0 aromatic carbocycles. The lowest BCUT2D eigenvalue weighted by atomic mass is 9.71. The van der Waals surface area contributed by atoms with Crippen molar-refractivity contribution in [3.63, 3.8) is 0 Å². The third kappa shape index (κ3) is 5.98. The molecule has 0 aromatic heterocycles. The molecular weight excluding hydrogens is 368 g/mol. The van der Waals surface area contributed by atoms with E-state index in [9.17, 15) is 0 Å². The Hall–Kier alpha value is 0.350. The quantitative estimate of drug-likeness (QED) is 0.440. The average Bonchev–Trinajstić information content (AvgIpc) is 3.36. The summed E-state index contributed by atoms with van der Waals surface area (Å²) in [6.07, 6.45) is 25.7. The Balaban J connectivity index is 1.35. The van der Waals surface area contributed by atoms with Crippen molar-refractivity contribution in [3.05, 3.63) is 0 Å². The topological polar surface area (TPSA) is 0 Å². The molecule has 0 radical (unpaired) electrons. The van der Waals surface area contributed by atoms with Crippen LogP contribution in [0.2, 0.25) is 0 Å². The molecule has 7 unspecified atom stereocenters. The summed E-state index contributed by atoms with van der Waals surface area (Å²) in [6.45, 7) is 7.94. The highest BCUT2D eigenvalue weighted by molar-refractivity contribution is 8.00. The minimum absolute atomic E-state index is 0.638. The van der Waals surface area contributed by atoms with E-state index in [1.807, 2.05) is 0 Å². The first kappa shape index (κ1) is 22.5. The van der Waals surface area contributed by atoms with Crippen LogP contribution in [0, 0.1) is 35.0 Å². The van der Waals surface area contributed by atoms with Crippen LogP contribution in [0.1, 0.15) is 130 Å². The van der Waals surface area contributed by atoms with Gasteiger partial charge in [-0.25, -0.2) is 0 Å². The summed E-state index contributed by atoms with van der Waals surface area (Å²) in [6, 6.07) is 0. The Labute approximate surface area is 187 Å². The molecule has 4 fully saturated rings. The molecule has 4 aliphatic rings. The lowest BCUT2D eigenvalue weighted by Crippen LogP contribution is -2.24. The van der Waals surface area contributed by atoms with Crippen LogP contribution in [0.4, 0.5) is 0 Å². The lowest BCUT2D eigenvalue weighted by molar-refractivity contribution is 0.176. The predicted molar refractivity (Wildman–Crippen MR) is 131 cm³/mol. The average molecular weight is 419 g/mol. The number of hydrogen-bond donors (Lipinski definition) is 0. The highest BCUT2D eigenvalue weighted by Crippen LogP contribution is 2.59. The second-order valence-electron chi connectivity index (χ2n) is 12.2. The zero-order valence-electron chi connectivity index (χ0n) is 20.0. The number of hydrogen-bond acceptors (Lipinski definition) is 1. The smallest absolute Gasteiger partial charge is 0.00786 e. The first-order valence-corrected chi connectivity index (χ1v) is 14.7. The Kier molecular flexibility index (Phi) is 8.01. The van der Waals surface area contributed by atoms with Gasteiger partial charge in [0.05, 0.1) is 0 Å². The van der Waals surface area contributed by atoms with E-state index < -0.39 is 0 Å². The number of rotatable bonds is 3. The molecule has 0 spiro atoms. The fourth-order valence-corrected chi connectivity index (χ4v) is 9.39. The van der Waals surface area contributed by atoms with Crippen LogP contribution in [0.25, 0.3) is 0 Å². The third-order valence-corrected chi connectivity index (χ3v) is 11.8. The summed E-state index contributed by atoms with van der Waals surface area (Å²) in [4.78, 5) is 0. The van der Waals surface area contributed by atoms with Gasteiger partial charge >= 0.3 is 0 Å². The first-order valence-electron chi connectivity index (χ1n) is 13.7. The number of thioether (sulfide) groups is 1. The van der Waals surface area contributed by atoms with Crippen molar-refractivity contribution in [1.29, 1.82) is 0 Å². The molecule has 2 aliphatic carbocycles. The molecule has 4 rings (SSSR count). The van der Waals surface area contributed by atoms with Gasteiger partial charge in [-0.2, -0.15) is 11.8 Å². The fraction of sp³-hybridized carbons (Fsp3) is 1.00. The van der Waals surface area contributed by atoms with Crippen molar-refractivity contribution in [2.75, 3.05) is 0 Å². The molecule has 29 heavy (non-hydrogen) atoms. The van der Waals surface area contributed by atoms with Gasteiger partial charge in [-0.1, -0.05) is 78.6 Å². The standard InChI is InChI=1S/C28H50S/c1-21-23(19-24-13-14-27(29-24)22(2)26-20-25(21)26)15-18-28(3)16-11-9-7-5-4-6-8-10-12-17-28/h21-27H,4-20H2,1-3H3. The van der Waals surface area contributed by atoms with Crippen LogP contribution in [-0.2, 0) is 0 Å². The van der Waals surface area contributed by atoms with Crippen molar-refractivity contribution in [2.24, 2.45) is 35.0 Å². The summed E-state index contributed by atoms with van der Waals surface area (Å²) in [7, 11) is 0. The van der Waals surface area contributed by atoms with Crippen molar-refractivity contribution in [3.8, 4) is 0 Å². The van der Waals surface area contributed by atoms with Gasteiger partial charge in [-0.15, -0.1) is 0 Å². The zero-order valence-corrected chi connectivity index (χ0v) is 20.8. The monoisotopic (exact) mass is 418 g/mol. The van der Waals surface area contributed by atoms with Crippen LogP contribution in [0.15, 0.2) is 0 Å². The summed E-state index contributed by atoms with van der Waals surface area (Å²) in [5, 5.41) is 2.00. The van der Waals surface area contributed by atoms with Gasteiger partial charge < -0.3 is 0 Å². The Morgan fingerprint density at radius 2 is 1.31 bits per heavy atom. The fourth-order valence-electron chi connectivity index (χ4n) is 7.55. The molecule has 2 bridgehead atoms. The highest BCUT2D eigenvalue weighted by atomic mass is 32.2. The Bertz CT molecular complexity index is 487. The van der Waals surface area contributed by atoms with Gasteiger partial charge in [-0.05, 0) is 86.4 Å². The Morgan fingerprint density at radius 1 is 0.724 bits per heavy atom. The molecule has 0 aromatic rings. The van der Waals surface area contributed by atoms with Gasteiger partial charge in [0.2, 0.25) is 0 Å². The van der Waals surface area contributed by atoms with E-state index in [0.717, 1.165) is 40.1 Å². The van der Waals surface area contributed by atoms with E-state index in [4.69, 9.17) is 0 Å². The number of fused-ring (bicyclic) bond motifs is 3. The van der Waals surface area contributed by atoms with E-state index in [1.165, 1.54) is 96.3 Å². The largest absolute Gasteiger partial charge is 0.155 e. The Morgan fingerprint density at radius 3 is 1.97 bits per heavy atom. The molecule has 2 aliphatic heterocycles. The summed E-state index contributed by atoms with van der Waals surface area (Å²) in [5.41, 5.74) is 0.638. The summed E-state index contributed by atoms with van der Waals surface area (Å²) < 4.78 is 0. The zero-order chi connectivity index (χ0) is 20.3. The van der Waals surface area contributed by atoms with E-state index in [1.54, 1.807) is 12.8 Å². The third-order valence-electron chi connectivity index (χ3n) is 9.96. The minimum atomic E-state index is 0.638. The molecule has 0 amide bonds. The van der Waals surface area contributed by atoms with Crippen LogP contribution in [-0.4, -0.2) is 10.5 Å². The lowest BCUT2D eigenvalue weighted by Gasteiger charge is -2.34. The minimum Gasteiger partial charge on any atom is -0.155 e. The molecule has 2 heterocycles. The summed E-state index contributed by atoms with van der Waals surface area (Å²) >= 11 is 2.42. The van der Waals surface area contributed by atoms with Crippen LogP contribution in [0.5, 0.6) is 0 Å². The molecule has 2 saturated heterocycles. The predicted octanol–water partition coefficient (Wildman–Crippen LogP) is 9.27. The van der Waals surface area contributed by atoms with Crippen LogP contribution >= 0.6 is 11.8 Å². The normalized spacial score (nSPS) is 43.8. The van der Waals surface area contributed by atoms with Crippen LogP contribution < -0.4 is 0 Å². The second-order valence-corrected chi connectivity index (χ2v) is 13.7. The van der Waals surface area contributed by atoms with Crippen molar-refractivity contribution >= 4 is 11.8 Å². The SMILES string of the molecule is CC1C(CCC2(C)CCCCCCCCCCC2)CC2CCC(S2)C(C)C2CC12. The van der Waals surface area contributed by atoms with Crippen molar-refractivity contribution < 1.29 is 0 Å². The highest BCUT2D eigenvalue weighted by Gasteiger charge is 2.51. The van der Waals surface area contributed by atoms with Crippen molar-refractivity contribution in [1.82, 2.24) is 0 Å². The van der Waals surface area contributed by atoms with Gasteiger partial charge in [0, 0.05) is 10.5 Å². The molecule has 1 heteroatoms. The summed E-state index contributed by atoms with van der Waals surface area (Å²) in [5.74, 6) is 5.18. The second kappa shape index (κ2) is 10.3. The molecule has 2 saturated carbocycles. The van der Waals surface area contributed by atoms with Crippen LogP contribution in [0.3, 0.4) is 0 Å². The van der Waals surface area contributed by atoms with Gasteiger partial charge in [0.25, 0.3) is 0 Å². The maximum atomic E-state index is 2.68. The van der Waals surface area contributed by atoms with E-state index in [-0.39, 0.29) is 0 Å². The van der Waals surface area contributed by atoms with E-state index >= 15 is 0 Å². The van der Waals surface area contributed by atoms with E-state index in [2.05, 4.69) is 32.5 Å². The van der Waals surface area contributed by atoms with Gasteiger partial charge in [0.1, 0.15) is 0 Å².